The standard InChI is InChI=1S/C28H39F3N6O3S/c1-19(38)34-21(18-26(32)39)27(40)33-9-12-36-15-13-35(14-16-36)10-4-11-37-22-5-2-3-6-24(22)41-25-8-7-20(17-23(25)37)28(29,30)31/h2-3,5-8,17,21,26-27,33,39-40H,4,9-16,18,32H2,1H3,(H,34,38). The maximum Gasteiger partial charge on any atom is 0.416 e. The molecule has 0 aliphatic carbocycles. The number of nitrogens with zero attached hydrogens (tertiary/aromatic N) is 3. The summed E-state index contributed by atoms with van der Waals surface area (Å²) in [5, 5.41) is 25.4. The zero-order chi connectivity index (χ0) is 29.6. The van der Waals surface area contributed by atoms with Crippen LogP contribution in [0.2, 0.25) is 0 Å². The number of hydrogen-bond acceptors (Lipinski definition) is 9. The van der Waals surface area contributed by atoms with Gasteiger partial charge in [-0.15, -0.1) is 0 Å². The van der Waals surface area contributed by atoms with E-state index in [1.165, 1.54) is 24.8 Å². The Labute approximate surface area is 242 Å². The van der Waals surface area contributed by atoms with Crippen molar-refractivity contribution < 1.29 is 28.2 Å². The summed E-state index contributed by atoms with van der Waals surface area (Å²) in [6, 6.07) is 11.1. The number of para-hydroxylation sites is 1. The molecular formula is C28H39F3N6O3S. The Balaban J connectivity index is 1.24. The van der Waals surface area contributed by atoms with E-state index >= 15 is 0 Å². The highest BCUT2D eigenvalue weighted by atomic mass is 32.2. The van der Waals surface area contributed by atoms with Gasteiger partial charge in [0.1, 0.15) is 12.5 Å². The van der Waals surface area contributed by atoms with Gasteiger partial charge in [0.2, 0.25) is 5.91 Å². The van der Waals surface area contributed by atoms with Crippen molar-refractivity contribution in [2.24, 2.45) is 5.73 Å². The molecule has 0 spiro atoms. The summed E-state index contributed by atoms with van der Waals surface area (Å²) >= 11 is 1.50. The zero-order valence-corrected chi connectivity index (χ0v) is 23.9. The highest BCUT2D eigenvalue weighted by molar-refractivity contribution is 7.99. The number of carbonyl (C=O) groups is 1. The Morgan fingerprint density at radius 3 is 2.32 bits per heavy atom. The van der Waals surface area contributed by atoms with Gasteiger partial charge in [-0.25, -0.2) is 0 Å². The molecule has 1 fully saturated rings. The van der Waals surface area contributed by atoms with E-state index in [0.717, 1.165) is 60.7 Å². The third-order valence-electron chi connectivity index (χ3n) is 7.32. The molecule has 9 nitrogen and oxygen atoms in total. The average Bonchev–Trinajstić information content (AvgIpc) is 2.91. The maximum atomic E-state index is 13.5. The second-order valence-corrected chi connectivity index (χ2v) is 11.5. The Kier molecular flexibility index (Phi) is 10.9. The molecule has 1 saturated heterocycles. The van der Waals surface area contributed by atoms with E-state index < -0.39 is 30.2 Å². The molecule has 0 saturated carbocycles. The summed E-state index contributed by atoms with van der Waals surface area (Å²) in [7, 11) is 0. The summed E-state index contributed by atoms with van der Waals surface area (Å²) < 4.78 is 40.4. The van der Waals surface area contributed by atoms with Crippen molar-refractivity contribution in [2.75, 3.05) is 57.3 Å². The Morgan fingerprint density at radius 2 is 1.66 bits per heavy atom. The second kappa shape index (κ2) is 14.2. The van der Waals surface area contributed by atoms with Crippen molar-refractivity contribution in [1.82, 2.24) is 20.4 Å². The lowest BCUT2D eigenvalue weighted by molar-refractivity contribution is -0.137. The van der Waals surface area contributed by atoms with E-state index in [0.29, 0.717) is 25.3 Å². The predicted octanol–water partition coefficient (Wildman–Crippen LogP) is 2.40. The number of hydrogen-bond donors (Lipinski definition) is 5. The summed E-state index contributed by atoms with van der Waals surface area (Å²) in [4.78, 5) is 19.9. The Bertz CT molecular complexity index is 1160. The third kappa shape index (κ3) is 8.80. The molecule has 6 N–H and O–H groups in total. The Hall–Kier alpha value is -2.39. The molecule has 2 heterocycles. The minimum absolute atomic E-state index is 0.0311. The number of aliphatic hydroxyl groups is 2. The lowest BCUT2D eigenvalue weighted by atomic mass is 10.1. The van der Waals surface area contributed by atoms with Gasteiger partial charge in [-0.1, -0.05) is 23.9 Å². The number of halogens is 3. The summed E-state index contributed by atoms with van der Waals surface area (Å²) in [6.07, 6.45) is -5.74. The maximum absolute atomic E-state index is 13.5. The summed E-state index contributed by atoms with van der Waals surface area (Å²) in [6.45, 7) is 7.47. The lowest BCUT2D eigenvalue weighted by Gasteiger charge is -2.36. The number of amides is 1. The number of rotatable bonds is 12. The molecule has 13 heteroatoms. The van der Waals surface area contributed by atoms with Gasteiger partial charge in [0.05, 0.1) is 23.0 Å². The van der Waals surface area contributed by atoms with Crippen LogP contribution in [0, 0.1) is 0 Å². The first-order valence-corrected chi connectivity index (χ1v) is 14.7. The first kappa shape index (κ1) is 31.5. The number of fused-ring (bicyclic) bond motifs is 2. The van der Waals surface area contributed by atoms with Crippen LogP contribution in [0.25, 0.3) is 0 Å². The van der Waals surface area contributed by atoms with E-state index in [1.807, 2.05) is 29.2 Å². The third-order valence-corrected chi connectivity index (χ3v) is 8.45. The molecule has 226 valence electrons. The molecule has 0 aromatic heterocycles. The van der Waals surface area contributed by atoms with Gasteiger partial charge in [0.15, 0.2) is 0 Å². The van der Waals surface area contributed by atoms with Crippen LogP contribution >= 0.6 is 11.8 Å². The minimum atomic E-state index is -4.39. The Morgan fingerprint density at radius 1 is 1.00 bits per heavy atom. The van der Waals surface area contributed by atoms with Crippen LogP contribution in [-0.4, -0.2) is 96.8 Å². The van der Waals surface area contributed by atoms with Gasteiger partial charge in [-0.05, 0) is 43.3 Å². The predicted molar refractivity (Wildman–Crippen MR) is 153 cm³/mol. The molecule has 2 aromatic carbocycles. The first-order chi connectivity index (χ1) is 19.5. The summed E-state index contributed by atoms with van der Waals surface area (Å²) in [5.41, 5.74) is 6.31. The van der Waals surface area contributed by atoms with Crippen molar-refractivity contribution in [3.05, 3.63) is 48.0 Å². The zero-order valence-electron chi connectivity index (χ0n) is 23.1. The van der Waals surface area contributed by atoms with Crippen LogP contribution in [-0.2, 0) is 11.0 Å². The van der Waals surface area contributed by atoms with Crippen LogP contribution in [0.15, 0.2) is 52.3 Å². The lowest BCUT2D eigenvalue weighted by Crippen LogP contribution is -2.54. The molecule has 41 heavy (non-hydrogen) atoms. The number of nitrogens with one attached hydrogen (secondary N) is 2. The van der Waals surface area contributed by atoms with E-state index in [9.17, 15) is 28.2 Å². The monoisotopic (exact) mass is 596 g/mol. The van der Waals surface area contributed by atoms with Crippen molar-refractivity contribution >= 4 is 29.0 Å². The second-order valence-electron chi connectivity index (χ2n) is 10.4. The number of piperazine rings is 1. The highest BCUT2D eigenvalue weighted by Crippen LogP contribution is 2.49. The number of anilines is 2. The van der Waals surface area contributed by atoms with Crippen LogP contribution in [0.1, 0.15) is 25.3 Å². The van der Waals surface area contributed by atoms with Crippen molar-refractivity contribution in [2.45, 2.75) is 54.2 Å². The average molecular weight is 597 g/mol. The van der Waals surface area contributed by atoms with Gasteiger partial charge in [-0.3, -0.25) is 15.0 Å². The minimum Gasteiger partial charge on any atom is -0.379 e. The molecule has 2 aliphatic heterocycles. The van der Waals surface area contributed by atoms with Crippen molar-refractivity contribution in [1.29, 1.82) is 0 Å². The van der Waals surface area contributed by atoms with E-state index in [2.05, 4.69) is 20.4 Å². The summed E-state index contributed by atoms with van der Waals surface area (Å²) in [5.74, 6) is -0.314. The topological polar surface area (TPSA) is 117 Å². The first-order valence-electron chi connectivity index (χ1n) is 13.8. The fourth-order valence-electron chi connectivity index (χ4n) is 5.24. The number of alkyl halides is 3. The fraction of sp³-hybridized carbons (Fsp3) is 0.536. The van der Waals surface area contributed by atoms with Gasteiger partial charge in [0, 0.05) is 68.9 Å². The molecule has 2 aliphatic rings. The van der Waals surface area contributed by atoms with Crippen LogP contribution in [0.3, 0.4) is 0 Å². The molecule has 2 aromatic rings. The molecular weight excluding hydrogens is 557 g/mol. The largest absolute Gasteiger partial charge is 0.416 e. The van der Waals surface area contributed by atoms with E-state index in [1.54, 1.807) is 6.07 Å². The molecule has 3 unspecified atom stereocenters. The van der Waals surface area contributed by atoms with Crippen molar-refractivity contribution in [3.63, 3.8) is 0 Å². The van der Waals surface area contributed by atoms with E-state index in [4.69, 9.17) is 5.73 Å². The van der Waals surface area contributed by atoms with Crippen LogP contribution in [0.4, 0.5) is 24.5 Å². The van der Waals surface area contributed by atoms with Gasteiger partial charge < -0.3 is 31.1 Å². The molecule has 3 atom stereocenters. The smallest absolute Gasteiger partial charge is 0.379 e. The molecule has 0 bridgehead atoms. The van der Waals surface area contributed by atoms with Crippen LogP contribution < -0.4 is 21.3 Å². The number of nitrogens with two attached hydrogens (primary N) is 1. The van der Waals surface area contributed by atoms with Gasteiger partial charge in [-0.2, -0.15) is 13.2 Å². The number of aliphatic hydroxyl groups excluding tert-OH is 2. The van der Waals surface area contributed by atoms with Gasteiger partial charge in [0.25, 0.3) is 0 Å². The molecule has 0 radical (unpaired) electrons. The highest BCUT2D eigenvalue weighted by Gasteiger charge is 2.33. The molecule has 4 rings (SSSR count). The molecule has 1 amide bonds. The normalized spacial score (nSPS) is 18.4. The number of carbonyl (C=O) groups excluding carboxylic acids is 1. The fourth-order valence-corrected chi connectivity index (χ4v) is 6.31. The SMILES string of the molecule is CC(=O)NC(CC(N)O)C(O)NCCN1CCN(CCCN2c3ccccc3Sc3ccc(C(F)(F)F)cc32)CC1. The van der Waals surface area contributed by atoms with Gasteiger partial charge >= 0.3 is 6.18 Å². The number of benzene rings is 2. The van der Waals surface area contributed by atoms with E-state index in [-0.39, 0.29) is 12.3 Å². The van der Waals surface area contributed by atoms with Crippen LogP contribution in [0.5, 0.6) is 0 Å². The quantitative estimate of drug-likeness (QED) is 0.236. The van der Waals surface area contributed by atoms with Crippen molar-refractivity contribution in [3.8, 4) is 0 Å².